The van der Waals surface area contributed by atoms with Crippen LogP contribution in [0.4, 0.5) is 11.4 Å². The van der Waals surface area contributed by atoms with Crippen LogP contribution in [0, 0.1) is 0 Å². The summed E-state index contributed by atoms with van der Waals surface area (Å²) in [5.74, 6) is 0.986. The molecule has 1 N–H and O–H groups in total. The molecule has 94 valence electrons. The topological polar surface area (TPSA) is 32.7 Å². The summed E-state index contributed by atoms with van der Waals surface area (Å²) in [6.45, 7) is 0. The van der Waals surface area contributed by atoms with Crippen molar-refractivity contribution < 1.29 is 9.84 Å². The van der Waals surface area contributed by atoms with Crippen LogP contribution in [0.2, 0.25) is 5.02 Å². The summed E-state index contributed by atoms with van der Waals surface area (Å²) < 4.78 is 5.32. The highest BCUT2D eigenvalue weighted by molar-refractivity contribution is 6.31. The van der Waals surface area contributed by atoms with Crippen LogP contribution in [-0.2, 0) is 0 Å². The Balaban J connectivity index is 2.41. The van der Waals surface area contributed by atoms with E-state index in [9.17, 15) is 5.11 Å². The van der Waals surface area contributed by atoms with Gasteiger partial charge in [0.1, 0.15) is 11.5 Å². The van der Waals surface area contributed by atoms with Crippen molar-refractivity contribution in [1.82, 2.24) is 0 Å². The molecule has 0 amide bonds. The Morgan fingerprint density at radius 1 is 1.11 bits per heavy atom. The average molecular weight is 264 g/mol. The van der Waals surface area contributed by atoms with E-state index in [4.69, 9.17) is 16.3 Å². The maximum Gasteiger partial charge on any atom is 0.142 e. The predicted molar refractivity (Wildman–Crippen MR) is 74.2 cm³/mol. The van der Waals surface area contributed by atoms with E-state index in [-0.39, 0.29) is 5.75 Å². The maximum absolute atomic E-state index is 9.29. The molecule has 0 heterocycles. The fourth-order valence-corrected chi connectivity index (χ4v) is 1.91. The number of phenols is 1. The van der Waals surface area contributed by atoms with E-state index < -0.39 is 0 Å². The summed E-state index contributed by atoms with van der Waals surface area (Å²) in [6.07, 6.45) is 0. The first-order valence-electron chi connectivity index (χ1n) is 5.48. The Bertz CT molecular complexity index is 540. The third-order valence-electron chi connectivity index (χ3n) is 2.74. The van der Waals surface area contributed by atoms with Crippen molar-refractivity contribution in [2.24, 2.45) is 0 Å². The third kappa shape index (κ3) is 2.51. The fraction of sp³-hybridized carbons (Fsp3) is 0.143. The third-order valence-corrected chi connectivity index (χ3v) is 2.97. The number of halogens is 1. The zero-order valence-electron chi connectivity index (χ0n) is 10.2. The van der Waals surface area contributed by atoms with Gasteiger partial charge in [0.15, 0.2) is 0 Å². The molecule has 0 bridgehead atoms. The molecular weight excluding hydrogens is 250 g/mol. The highest BCUT2D eigenvalue weighted by Gasteiger charge is 2.10. The standard InChI is InChI=1S/C14H14ClNO2/c1-16(11-4-6-12(17)7-5-11)13-9-10(15)3-8-14(13)18-2/h3-9,17H,1-2H3. The molecule has 0 saturated heterocycles. The summed E-state index contributed by atoms with van der Waals surface area (Å²) in [6, 6.07) is 12.4. The number of phenolic OH excluding ortho intramolecular Hbond substituents is 1. The Labute approximate surface area is 111 Å². The lowest BCUT2D eigenvalue weighted by molar-refractivity contribution is 0.415. The van der Waals surface area contributed by atoms with E-state index >= 15 is 0 Å². The average Bonchev–Trinajstić information content (AvgIpc) is 2.39. The largest absolute Gasteiger partial charge is 0.508 e. The van der Waals surface area contributed by atoms with Crippen molar-refractivity contribution >= 4 is 23.0 Å². The van der Waals surface area contributed by atoms with E-state index in [1.807, 2.05) is 36.2 Å². The second-order valence-corrected chi connectivity index (χ2v) is 4.33. The zero-order valence-corrected chi connectivity index (χ0v) is 11.0. The molecule has 0 spiro atoms. The smallest absolute Gasteiger partial charge is 0.142 e. The molecule has 0 aliphatic carbocycles. The molecule has 0 unspecified atom stereocenters. The summed E-state index contributed by atoms with van der Waals surface area (Å²) in [7, 11) is 3.54. The van der Waals surface area contributed by atoms with Crippen LogP contribution < -0.4 is 9.64 Å². The van der Waals surface area contributed by atoms with Crippen LogP contribution in [-0.4, -0.2) is 19.3 Å². The number of ether oxygens (including phenoxy) is 1. The number of nitrogens with zero attached hydrogens (tertiary/aromatic N) is 1. The normalized spacial score (nSPS) is 10.2. The second-order valence-electron chi connectivity index (χ2n) is 3.89. The molecule has 0 atom stereocenters. The van der Waals surface area contributed by atoms with Gasteiger partial charge in [0.25, 0.3) is 0 Å². The van der Waals surface area contributed by atoms with E-state index in [1.165, 1.54) is 0 Å². The molecule has 2 aromatic rings. The molecule has 0 aliphatic heterocycles. The number of hydrogen-bond acceptors (Lipinski definition) is 3. The first-order valence-corrected chi connectivity index (χ1v) is 5.86. The van der Waals surface area contributed by atoms with Crippen LogP contribution >= 0.6 is 11.6 Å². The van der Waals surface area contributed by atoms with Gasteiger partial charge < -0.3 is 14.7 Å². The van der Waals surface area contributed by atoms with Crippen molar-refractivity contribution in [2.45, 2.75) is 0 Å². The lowest BCUT2D eigenvalue weighted by Crippen LogP contribution is -2.10. The van der Waals surface area contributed by atoms with Crippen LogP contribution in [0.1, 0.15) is 0 Å². The van der Waals surface area contributed by atoms with Gasteiger partial charge in [0, 0.05) is 17.8 Å². The quantitative estimate of drug-likeness (QED) is 0.914. The molecule has 0 radical (unpaired) electrons. The molecule has 2 aromatic carbocycles. The van der Waals surface area contributed by atoms with Crippen molar-refractivity contribution in [3.63, 3.8) is 0 Å². The molecule has 3 nitrogen and oxygen atoms in total. The van der Waals surface area contributed by atoms with Gasteiger partial charge in [-0.15, -0.1) is 0 Å². The van der Waals surface area contributed by atoms with E-state index in [2.05, 4.69) is 0 Å². The Morgan fingerprint density at radius 2 is 1.78 bits per heavy atom. The Morgan fingerprint density at radius 3 is 2.39 bits per heavy atom. The van der Waals surface area contributed by atoms with Crippen LogP contribution in [0.15, 0.2) is 42.5 Å². The number of anilines is 2. The van der Waals surface area contributed by atoms with Gasteiger partial charge in [-0.2, -0.15) is 0 Å². The van der Waals surface area contributed by atoms with Gasteiger partial charge in [-0.25, -0.2) is 0 Å². The molecular formula is C14H14ClNO2. The van der Waals surface area contributed by atoms with Gasteiger partial charge in [0.05, 0.1) is 12.8 Å². The van der Waals surface area contributed by atoms with Gasteiger partial charge >= 0.3 is 0 Å². The molecule has 0 fully saturated rings. The lowest BCUT2D eigenvalue weighted by atomic mass is 10.2. The second kappa shape index (κ2) is 5.19. The lowest BCUT2D eigenvalue weighted by Gasteiger charge is -2.22. The zero-order chi connectivity index (χ0) is 13.1. The van der Waals surface area contributed by atoms with Crippen molar-refractivity contribution in [1.29, 1.82) is 0 Å². The monoisotopic (exact) mass is 263 g/mol. The summed E-state index contributed by atoms with van der Waals surface area (Å²) >= 11 is 6.01. The maximum atomic E-state index is 9.29. The Hall–Kier alpha value is -1.87. The number of methoxy groups -OCH3 is 1. The predicted octanol–water partition coefficient (Wildman–Crippen LogP) is 3.82. The van der Waals surface area contributed by atoms with Crippen molar-refractivity contribution in [3.8, 4) is 11.5 Å². The van der Waals surface area contributed by atoms with Gasteiger partial charge in [-0.3, -0.25) is 0 Å². The first-order chi connectivity index (χ1) is 8.61. The van der Waals surface area contributed by atoms with Crippen LogP contribution in [0.5, 0.6) is 11.5 Å². The molecule has 2 rings (SSSR count). The summed E-state index contributed by atoms with van der Waals surface area (Å²) in [5.41, 5.74) is 1.81. The number of rotatable bonds is 3. The van der Waals surface area contributed by atoms with Gasteiger partial charge in [-0.05, 0) is 42.5 Å². The van der Waals surface area contributed by atoms with E-state index in [0.717, 1.165) is 17.1 Å². The molecule has 18 heavy (non-hydrogen) atoms. The first kappa shape index (κ1) is 12.6. The van der Waals surface area contributed by atoms with Crippen molar-refractivity contribution in [2.75, 3.05) is 19.1 Å². The van der Waals surface area contributed by atoms with Crippen LogP contribution in [0.25, 0.3) is 0 Å². The SMILES string of the molecule is COc1ccc(Cl)cc1N(C)c1ccc(O)cc1. The molecule has 0 aliphatic rings. The van der Waals surface area contributed by atoms with E-state index in [0.29, 0.717) is 5.02 Å². The molecule has 4 heteroatoms. The number of hydrogen-bond donors (Lipinski definition) is 1. The minimum absolute atomic E-state index is 0.241. The van der Waals surface area contributed by atoms with E-state index in [1.54, 1.807) is 25.3 Å². The minimum atomic E-state index is 0.241. The summed E-state index contributed by atoms with van der Waals surface area (Å²) in [5, 5.41) is 9.94. The number of aromatic hydroxyl groups is 1. The fourth-order valence-electron chi connectivity index (χ4n) is 1.74. The van der Waals surface area contributed by atoms with Crippen molar-refractivity contribution in [3.05, 3.63) is 47.5 Å². The van der Waals surface area contributed by atoms with Gasteiger partial charge in [-0.1, -0.05) is 11.6 Å². The molecule has 0 saturated carbocycles. The molecule has 0 aromatic heterocycles. The highest BCUT2D eigenvalue weighted by Crippen LogP contribution is 2.35. The Kier molecular flexibility index (Phi) is 3.63. The highest BCUT2D eigenvalue weighted by atomic mass is 35.5. The minimum Gasteiger partial charge on any atom is -0.508 e. The number of benzene rings is 2. The van der Waals surface area contributed by atoms with Crippen LogP contribution in [0.3, 0.4) is 0 Å². The summed E-state index contributed by atoms with van der Waals surface area (Å²) in [4.78, 5) is 1.95. The van der Waals surface area contributed by atoms with Gasteiger partial charge in [0.2, 0.25) is 0 Å².